The number of rotatable bonds is 7. The molecule has 0 aliphatic carbocycles. The van der Waals surface area contributed by atoms with Crippen molar-refractivity contribution in [1.82, 2.24) is 10.2 Å². The van der Waals surface area contributed by atoms with Crippen molar-refractivity contribution in [2.24, 2.45) is 5.41 Å². The Bertz CT molecular complexity index is 233. The van der Waals surface area contributed by atoms with Crippen LogP contribution in [0.3, 0.4) is 0 Å². The zero-order valence-corrected chi connectivity index (χ0v) is 13.8. The molecule has 0 saturated carbocycles. The lowest BCUT2D eigenvalue weighted by Gasteiger charge is -2.41. The van der Waals surface area contributed by atoms with Gasteiger partial charge in [0.25, 0.3) is 0 Å². The van der Waals surface area contributed by atoms with Crippen molar-refractivity contribution in [2.75, 3.05) is 31.1 Å². The minimum atomic E-state index is 0.426. The average molecular weight is 273 g/mol. The summed E-state index contributed by atoms with van der Waals surface area (Å²) in [5, 5.41) is 3.64. The van der Waals surface area contributed by atoms with Gasteiger partial charge in [-0.1, -0.05) is 34.1 Å². The molecule has 1 heterocycles. The van der Waals surface area contributed by atoms with Gasteiger partial charge in [-0.05, 0) is 18.8 Å². The molecule has 0 bridgehead atoms. The molecule has 0 amide bonds. The lowest BCUT2D eigenvalue weighted by Crippen LogP contribution is -2.49. The fourth-order valence-electron chi connectivity index (χ4n) is 2.76. The van der Waals surface area contributed by atoms with E-state index in [-0.39, 0.29) is 0 Å². The molecule has 1 aliphatic heterocycles. The van der Waals surface area contributed by atoms with Crippen LogP contribution in [0, 0.1) is 5.41 Å². The monoisotopic (exact) mass is 272 g/mol. The second-order valence-corrected chi connectivity index (χ2v) is 7.64. The normalized spacial score (nSPS) is 25.3. The summed E-state index contributed by atoms with van der Waals surface area (Å²) in [6, 6.07) is 1.34. The largest absolute Gasteiger partial charge is 0.314 e. The Hall–Kier alpha value is 0.270. The highest BCUT2D eigenvalue weighted by Crippen LogP contribution is 2.27. The second-order valence-electron chi connectivity index (χ2n) is 6.49. The number of thioether (sulfide) groups is 1. The molecule has 108 valence electrons. The molecule has 3 heteroatoms. The highest BCUT2D eigenvalue weighted by Gasteiger charge is 2.29. The first kappa shape index (κ1) is 16.3. The Morgan fingerprint density at radius 1 is 1.44 bits per heavy atom. The van der Waals surface area contributed by atoms with Crippen molar-refractivity contribution in [2.45, 2.75) is 59.5 Å². The van der Waals surface area contributed by atoms with Crippen molar-refractivity contribution in [3.05, 3.63) is 0 Å². The topological polar surface area (TPSA) is 15.3 Å². The maximum Gasteiger partial charge on any atom is 0.0158 e. The third-order valence-electron chi connectivity index (χ3n) is 3.88. The predicted molar refractivity (Wildman–Crippen MR) is 84.5 cm³/mol. The smallest absolute Gasteiger partial charge is 0.0158 e. The summed E-state index contributed by atoms with van der Waals surface area (Å²) in [4.78, 5) is 2.70. The zero-order chi connectivity index (χ0) is 13.6. The molecular formula is C15H32N2S. The molecule has 0 aromatic carbocycles. The van der Waals surface area contributed by atoms with Gasteiger partial charge in [-0.15, -0.1) is 0 Å². The maximum absolute atomic E-state index is 3.64. The number of nitrogens with zero attached hydrogens (tertiary/aromatic N) is 1. The van der Waals surface area contributed by atoms with Crippen LogP contribution in [-0.4, -0.2) is 48.1 Å². The highest BCUT2D eigenvalue weighted by molar-refractivity contribution is 7.99. The van der Waals surface area contributed by atoms with Gasteiger partial charge in [0.2, 0.25) is 0 Å². The molecule has 0 radical (unpaired) electrons. The molecule has 2 atom stereocenters. The van der Waals surface area contributed by atoms with Crippen LogP contribution >= 0.6 is 11.8 Å². The summed E-state index contributed by atoms with van der Waals surface area (Å²) in [6.45, 7) is 15.3. The van der Waals surface area contributed by atoms with Crippen LogP contribution in [0.4, 0.5) is 0 Å². The van der Waals surface area contributed by atoms with Crippen LogP contribution in [0.15, 0.2) is 0 Å². The lowest BCUT2D eigenvalue weighted by molar-refractivity contribution is 0.125. The van der Waals surface area contributed by atoms with E-state index in [1.54, 1.807) is 0 Å². The molecule has 1 aliphatic rings. The Labute approximate surface area is 118 Å². The van der Waals surface area contributed by atoms with Gasteiger partial charge in [0, 0.05) is 43.2 Å². The molecule has 2 nitrogen and oxygen atoms in total. The fraction of sp³-hybridized carbons (Fsp3) is 1.00. The van der Waals surface area contributed by atoms with E-state index >= 15 is 0 Å². The molecule has 1 saturated heterocycles. The molecule has 1 fully saturated rings. The molecule has 0 spiro atoms. The van der Waals surface area contributed by atoms with E-state index in [1.807, 2.05) is 0 Å². The Morgan fingerprint density at radius 2 is 2.17 bits per heavy atom. The second kappa shape index (κ2) is 7.76. The van der Waals surface area contributed by atoms with Crippen molar-refractivity contribution >= 4 is 11.8 Å². The molecule has 0 aromatic rings. The van der Waals surface area contributed by atoms with E-state index in [9.17, 15) is 0 Å². The molecule has 18 heavy (non-hydrogen) atoms. The van der Waals surface area contributed by atoms with E-state index < -0.39 is 0 Å². The van der Waals surface area contributed by atoms with E-state index in [1.165, 1.54) is 37.4 Å². The molecular weight excluding hydrogens is 240 g/mol. The van der Waals surface area contributed by atoms with Crippen molar-refractivity contribution < 1.29 is 0 Å². The Kier molecular flexibility index (Phi) is 7.04. The molecule has 2 unspecified atom stereocenters. The Balaban J connectivity index is 2.53. The van der Waals surface area contributed by atoms with Gasteiger partial charge in [-0.25, -0.2) is 0 Å². The first-order chi connectivity index (χ1) is 8.47. The van der Waals surface area contributed by atoms with Crippen LogP contribution in [-0.2, 0) is 0 Å². The minimum absolute atomic E-state index is 0.426. The van der Waals surface area contributed by atoms with Gasteiger partial charge in [-0.3, -0.25) is 4.90 Å². The van der Waals surface area contributed by atoms with Gasteiger partial charge in [0.1, 0.15) is 0 Å². The lowest BCUT2D eigenvalue weighted by atomic mass is 9.84. The summed E-state index contributed by atoms with van der Waals surface area (Å²) in [5.41, 5.74) is 0.426. The van der Waals surface area contributed by atoms with Gasteiger partial charge >= 0.3 is 0 Å². The fourth-order valence-corrected chi connectivity index (χ4v) is 3.85. The summed E-state index contributed by atoms with van der Waals surface area (Å²) in [5.74, 6) is 2.62. The molecule has 0 aromatic heterocycles. The standard InChI is InChI=1S/C15H32N2S/c1-6-7-15(5,11-16-13(2)3)12-17-8-9-18-10-14(17)4/h13-14,16H,6-12H2,1-5H3. The van der Waals surface area contributed by atoms with Gasteiger partial charge in [-0.2, -0.15) is 11.8 Å². The zero-order valence-electron chi connectivity index (χ0n) is 13.0. The number of hydrogen-bond acceptors (Lipinski definition) is 3. The maximum atomic E-state index is 3.64. The highest BCUT2D eigenvalue weighted by atomic mass is 32.2. The average Bonchev–Trinajstić information content (AvgIpc) is 2.30. The number of nitrogens with one attached hydrogen (secondary N) is 1. The Morgan fingerprint density at radius 3 is 2.72 bits per heavy atom. The van der Waals surface area contributed by atoms with Crippen LogP contribution in [0.2, 0.25) is 0 Å². The first-order valence-corrected chi connectivity index (χ1v) is 8.67. The van der Waals surface area contributed by atoms with Gasteiger partial charge in [0.15, 0.2) is 0 Å². The van der Waals surface area contributed by atoms with E-state index in [4.69, 9.17) is 0 Å². The predicted octanol–water partition coefficient (Wildman–Crippen LogP) is 3.23. The summed E-state index contributed by atoms with van der Waals surface area (Å²) < 4.78 is 0. The van der Waals surface area contributed by atoms with Crippen LogP contribution < -0.4 is 5.32 Å². The molecule has 1 N–H and O–H groups in total. The van der Waals surface area contributed by atoms with E-state index in [2.05, 4.69) is 56.6 Å². The summed E-state index contributed by atoms with van der Waals surface area (Å²) in [7, 11) is 0. The van der Waals surface area contributed by atoms with Gasteiger partial charge in [0.05, 0.1) is 0 Å². The van der Waals surface area contributed by atoms with Crippen molar-refractivity contribution in [3.8, 4) is 0 Å². The SMILES string of the molecule is CCCC(C)(CNC(C)C)CN1CCSCC1C. The summed E-state index contributed by atoms with van der Waals surface area (Å²) >= 11 is 2.11. The minimum Gasteiger partial charge on any atom is -0.314 e. The van der Waals surface area contributed by atoms with E-state index in [0.29, 0.717) is 11.5 Å². The third-order valence-corrected chi connectivity index (χ3v) is 5.07. The molecule has 1 rings (SSSR count). The first-order valence-electron chi connectivity index (χ1n) is 7.52. The number of hydrogen-bond donors (Lipinski definition) is 1. The van der Waals surface area contributed by atoms with Crippen LogP contribution in [0.5, 0.6) is 0 Å². The third kappa shape index (κ3) is 5.50. The van der Waals surface area contributed by atoms with Crippen molar-refractivity contribution in [3.63, 3.8) is 0 Å². The van der Waals surface area contributed by atoms with E-state index in [0.717, 1.165) is 12.6 Å². The van der Waals surface area contributed by atoms with Gasteiger partial charge < -0.3 is 5.32 Å². The van der Waals surface area contributed by atoms with Crippen LogP contribution in [0.1, 0.15) is 47.5 Å². The van der Waals surface area contributed by atoms with Crippen molar-refractivity contribution in [1.29, 1.82) is 0 Å². The van der Waals surface area contributed by atoms with Crippen LogP contribution in [0.25, 0.3) is 0 Å². The summed E-state index contributed by atoms with van der Waals surface area (Å²) in [6.07, 6.45) is 2.61. The quantitative estimate of drug-likeness (QED) is 0.766.